The lowest BCUT2D eigenvalue weighted by atomic mass is 9.96. The van der Waals surface area contributed by atoms with Gasteiger partial charge in [0.15, 0.2) is 0 Å². The molecule has 2 heterocycles. The molecule has 8 heteroatoms. The van der Waals surface area contributed by atoms with Gasteiger partial charge in [0.25, 0.3) is 0 Å². The molecule has 0 aromatic heterocycles. The van der Waals surface area contributed by atoms with E-state index in [9.17, 15) is 13.2 Å². The molecular formula is C20H32ClN3O3S. The third kappa shape index (κ3) is 5.47. The Labute approximate surface area is 174 Å². The monoisotopic (exact) mass is 429 g/mol. The normalized spacial score (nSPS) is 21.7. The molecule has 2 saturated heterocycles. The van der Waals surface area contributed by atoms with Crippen LogP contribution in [0, 0.1) is 25.7 Å². The van der Waals surface area contributed by atoms with E-state index < -0.39 is 10.0 Å². The highest BCUT2D eigenvalue weighted by molar-refractivity contribution is 7.89. The number of piperidine rings is 2. The SMILES string of the molecule is Cc1ccc(S(=O)(=O)N2CCC(C(=O)NCC3CCCNC3)CC2)c(C)c1.Cl. The molecule has 2 N–H and O–H groups in total. The van der Waals surface area contributed by atoms with E-state index in [1.807, 2.05) is 26.0 Å². The van der Waals surface area contributed by atoms with Crippen LogP contribution in [0.4, 0.5) is 0 Å². The van der Waals surface area contributed by atoms with Gasteiger partial charge in [0, 0.05) is 25.6 Å². The number of nitrogens with zero attached hydrogens (tertiary/aromatic N) is 1. The Morgan fingerprint density at radius 1 is 1.21 bits per heavy atom. The Morgan fingerprint density at radius 3 is 2.54 bits per heavy atom. The maximum atomic E-state index is 12.9. The van der Waals surface area contributed by atoms with Crippen molar-refractivity contribution < 1.29 is 13.2 Å². The summed E-state index contributed by atoms with van der Waals surface area (Å²) in [5, 5.41) is 6.44. The highest BCUT2D eigenvalue weighted by Crippen LogP contribution is 2.26. The van der Waals surface area contributed by atoms with Crippen LogP contribution in [0.3, 0.4) is 0 Å². The maximum Gasteiger partial charge on any atom is 0.243 e. The molecule has 6 nitrogen and oxygen atoms in total. The van der Waals surface area contributed by atoms with Gasteiger partial charge >= 0.3 is 0 Å². The first-order chi connectivity index (χ1) is 12.9. The van der Waals surface area contributed by atoms with E-state index in [1.165, 1.54) is 4.31 Å². The lowest BCUT2D eigenvalue weighted by molar-refractivity contribution is -0.126. The quantitative estimate of drug-likeness (QED) is 0.752. The number of rotatable bonds is 5. The van der Waals surface area contributed by atoms with Gasteiger partial charge < -0.3 is 10.6 Å². The number of halogens is 1. The molecule has 0 spiro atoms. The zero-order valence-electron chi connectivity index (χ0n) is 16.7. The van der Waals surface area contributed by atoms with Gasteiger partial charge in [0.2, 0.25) is 15.9 Å². The Balaban J connectivity index is 0.00000280. The zero-order valence-corrected chi connectivity index (χ0v) is 18.4. The predicted molar refractivity (Wildman–Crippen MR) is 113 cm³/mol. The molecule has 2 aliphatic rings. The third-order valence-corrected chi connectivity index (χ3v) is 7.80. The fraction of sp³-hybridized carbons (Fsp3) is 0.650. The summed E-state index contributed by atoms with van der Waals surface area (Å²) in [4.78, 5) is 12.8. The Bertz CT molecular complexity index is 771. The van der Waals surface area contributed by atoms with Crippen molar-refractivity contribution in [1.29, 1.82) is 0 Å². The zero-order chi connectivity index (χ0) is 19.4. The van der Waals surface area contributed by atoms with E-state index in [0.29, 0.717) is 43.3 Å². The van der Waals surface area contributed by atoms with Crippen molar-refractivity contribution in [3.63, 3.8) is 0 Å². The number of sulfonamides is 1. The van der Waals surface area contributed by atoms with Gasteiger partial charge in [0.1, 0.15) is 0 Å². The fourth-order valence-corrected chi connectivity index (χ4v) is 5.75. The van der Waals surface area contributed by atoms with Gasteiger partial charge in [-0.15, -0.1) is 12.4 Å². The van der Waals surface area contributed by atoms with Crippen molar-refractivity contribution in [3.05, 3.63) is 29.3 Å². The van der Waals surface area contributed by atoms with Crippen LogP contribution in [0.1, 0.15) is 36.8 Å². The smallest absolute Gasteiger partial charge is 0.243 e. The first-order valence-electron chi connectivity index (χ1n) is 9.94. The van der Waals surface area contributed by atoms with E-state index in [0.717, 1.165) is 37.1 Å². The van der Waals surface area contributed by atoms with E-state index in [4.69, 9.17) is 0 Å². The molecule has 158 valence electrons. The summed E-state index contributed by atoms with van der Waals surface area (Å²) in [6, 6.07) is 5.42. The summed E-state index contributed by atoms with van der Waals surface area (Å²) in [5.74, 6) is 0.490. The van der Waals surface area contributed by atoms with Crippen molar-refractivity contribution in [3.8, 4) is 0 Å². The number of hydrogen-bond donors (Lipinski definition) is 2. The van der Waals surface area contributed by atoms with Crippen molar-refractivity contribution in [1.82, 2.24) is 14.9 Å². The van der Waals surface area contributed by atoms with Crippen LogP contribution in [0.25, 0.3) is 0 Å². The lowest BCUT2D eigenvalue weighted by Gasteiger charge is -2.31. The minimum Gasteiger partial charge on any atom is -0.356 e. The first-order valence-corrected chi connectivity index (χ1v) is 11.4. The third-order valence-electron chi connectivity index (χ3n) is 5.74. The summed E-state index contributed by atoms with van der Waals surface area (Å²) >= 11 is 0. The van der Waals surface area contributed by atoms with Crippen LogP contribution < -0.4 is 10.6 Å². The second kappa shape index (κ2) is 10.1. The molecule has 1 aromatic carbocycles. The largest absolute Gasteiger partial charge is 0.356 e. The molecule has 0 aliphatic carbocycles. The molecule has 3 rings (SSSR count). The average Bonchev–Trinajstić information content (AvgIpc) is 2.66. The standard InChI is InChI=1S/C20H31N3O3S.ClH/c1-15-5-6-19(16(2)12-15)27(25,26)23-10-7-18(8-11-23)20(24)22-14-17-4-3-9-21-13-17;/h5-6,12,17-18,21H,3-4,7-11,13-14H2,1-2H3,(H,22,24);1H. The molecule has 1 atom stereocenters. The molecule has 1 amide bonds. The second-order valence-electron chi connectivity index (χ2n) is 7.90. The van der Waals surface area contributed by atoms with Gasteiger partial charge in [-0.05, 0) is 70.2 Å². The van der Waals surface area contributed by atoms with Crippen molar-refractivity contribution in [2.45, 2.75) is 44.4 Å². The lowest BCUT2D eigenvalue weighted by Crippen LogP contribution is -2.45. The Kier molecular flexibility index (Phi) is 8.30. The summed E-state index contributed by atoms with van der Waals surface area (Å²) in [7, 11) is -3.49. The van der Waals surface area contributed by atoms with Crippen LogP contribution in [0.5, 0.6) is 0 Å². The Hall–Kier alpha value is -1.15. The highest BCUT2D eigenvalue weighted by Gasteiger charge is 2.32. The van der Waals surface area contributed by atoms with Gasteiger partial charge in [-0.1, -0.05) is 17.7 Å². The number of benzene rings is 1. The van der Waals surface area contributed by atoms with E-state index in [1.54, 1.807) is 6.07 Å². The molecule has 2 aliphatic heterocycles. The second-order valence-corrected chi connectivity index (χ2v) is 9.81. The molecule has 0 bridgehead atoms. The molecule has 1 unspecified atom stereocenters. The van der Waals surface area contributed by atoms with Crippen LogP contribution in [-0.4, -0.2) is 51.4 Å². The highest BCUT2D eigenvalue weighted by atomic mass is 35.5. The maximum absolute atomic E-state index is 12.9. The summed E-state index contributed by atoms with van der Waals surface area (Å²) in [6.07, 6.45) is 3.48. The number of nitrogens with one attached hydrogen (secondary N) is 2. The first kappa shape index (κ1) is 23.1. The van der Waals surface area contributed by atoms with Crippen LogP contribution in [0.15, 0.2) is 23.1 Å². The van der Waals surface area contributed by atoms with Gasteiger partial charge in [0.05, 0.1) is 4.90 Å². The molecular weight excluding hydrogens is 398 g/mol. The number of aryl methyl sites for hydroxylation is 2. The average molecular weight is 430 g/mol. The molecule has 2 fully saturated rings. The molecule has 1 aromatic rings. The van der Waals surface area contributed by atoms with E-state index in [-0.39, 0.29) is 24.2 Å². The molecule has 0 radical (unpaired) electrons. The molecule has 28 heavy (non-hydrogen) atoms. The number of hydrogen-bond acceptors (Lipinski definition) is 4. The summed E-state index contributed by atoms with van der Waals surface area (Å²) in [6.45, 7) is 7.34. The minimum atomic E-state index is -3.49. The molecule has 0 saturated carbocycles. The number of carbonyl (C=O) groups excluding carboxylic acids is 1. The number of amides is 1. The summed E-state index contributed by atoms with van der Waals surface area (Å²) in [5.41, 5.74) is 1.82. The van der Waals surface area contributed by atoms with Crippen molar-refractivity contribution in [2.75, 3.05) is 32.7 Å². The van der Waals surface area contributed by atoms with Crippen LogP contribution >= 0.6 is 12.4 Å². The Morgan fingerprint density at radius 2 is 1.93 bits per heavy atom. The van der Waals surface area contributed by atoms with E-state index in [2.05, 4.69) is 10.6 Å². The minimum absolute atomic E-state index is 0. The van der Waals surface area contributed by atoms with Crippen molar-refractivity contribution >= 4 is 28.3 Å². The van der Waals surface area contributed by atoms with E-state index >= 15 is 0 Å². The van der Waals surface area contributed by atoms with Gasteiger partial charge in [-0.2, -0.15) is 4.31 Å². The number of carbonyl (C=O) groups is 1. The predicted octanol–water partition coefficient (Wildman–Crippen LogP) is 2.24. The van der Waals surface area contributed by atoms with Gasteiger partial charge in [-0.25, -0.2) is 8.42 Å². The van der Waals surface area contributed by atoms with Crippen LogP contribution in [0.2, 0.25) is 0 Å². The van der Waals surface area contributed by atoms with Crippen molar-refractivity contribution in [2.24, 2.45) is 11.8 Å². The summed E-state index contributed by atoms with van der Waals surface area (Å²) < 4.78 is 27.4. The van der Waals surface area contributed by atoms with Crippen LogP contribution in [-0.2, 0) is 14.8 Å². The topological polar surface area (TPSA) is 78.5 Å². The fourth-order valence-electron chi connectivity index (χ4n) is 4.07. The van der Waals surface area contributed by atoms with Gasteiger partial charge in [-0.3, -0.25) is 4.79 Å².